The Morgan fingerprint density at radius 1 is 1.32 bits per heavy atom. The summed E-state index contributed by atoms with van der Waals surface area (Å²) in [6.07, 6.45) is -2.79. The van der Waals surface area contributed by atoms with Gasteiger partial charge in [0.05, 0.1) is 18.5 Å². The smallest absolute Gasteiger partial charge is 0.335 e. The Kier molecular flexibility index (Phi) is 5.41. The molecule has 0 aliphatic heterocycles. The molecule has 1 aromatic rings. The highest BCUT2D eigenvalue weighted by Crippen LogP contribution is 2.11. The van der Waals surface area contributed by atoms with E-state index in [0.29, 0.717) is 5.56 Å². The van der Waals surface area contributed by atoms with Crippen molar-refractivity contribution in [1.82, 2.24) is 4.90 Å². The minimum atomic E-state index is -2.60. The fourth-order valence-corrected chi connectivity index (χ4v) is 1.73. The van der Waals surface area contributed by atoms with Gasteiger partial charge in [0.25, 0.3) is 6.43 Å². The lowest BCUT2D eigenvalue weighted by Crippen LogP contribution is -2.36. The van der Waals surface area contributed by atoms with Gasteiger partial charge in [0.2, 0.25) is 5.91 Å². The maximum atomic E-state index is 12.3. The molecule has 0 atom stereocenters. The molecule has 0 radical (unpaired) electrons. The Hall–Kier alpha value is -1.98. The van der Waals surface area contributed by atoms with E-state index in [4.69, 9.17) is 5.11 Å². The molecule has 1 rings (SSSR count). The second kappa shape index (κ2) is 6.82. The summed E-state index contributed by atoms with van der Waals surface area (Å²) < 4.78 is 24.6. The lowest BCUT2D eigenvalue weighted by Gasteiger charge is -2.20. The number of carbonyl (C=O) groups excluding carboxylic acids is 1. The third kappa shape index (κ3) is 4.31. The van der Waals surface area contributed by atoms with E-state index in [1.165, 1.54) is 12.1 Å². The summed E-state index contributed by atoms with van der Waals surface area (Å²) in [7, 11) is 0. The molecule has 0 spiro atoms. The topological polar surface area (TPSA) is 57.6 Å². The summed E-state index contributed by atoms with van der Waals surface area (Å²) in [6.45, 7) is 1.13. The van der Waals surface area contributed by atoms with Crippen LogP contribution in [0.1, 0.15) is 22.8 Å². The van der Waals surface area contributed by atoms with Gasteiger partial charge in [0, 0.05) is 6.54 Å². The lowest BCUT2D eigenvalue weighted by atomic mass is 10.0. The molecule has 0 fully saturated rings. The summed E-state index contributed by atoms with van der Waals surface area (Å²) in [5.74, 6) is -1.64. The zero-order valence-electron chi connectivity index (χ0n) is 10.5. The van der Waals surface area contributed by atoms with E-state index < -0.39 is 24.8 Å². The molecule has 4 nitrogen and oxygen atoms in total. The number of likely N-dealkylation sites (N-methyl/N-ethyl adjacent to an activating group) is 1. The molecule has 19 heavy (non-hydrogen) atoms. The first-order chi connectivity index (χ1) is 8.95. The second-order valence-electron chi connectivity index (χ2n) is 3.96. The van der Waals surface area contributed by atoms with Gasteiger partial charge in [-0.15, -0.1) is 0 Å². The van der Waals surface area contributed by atoms with Gasteiger partial charge >= 0.3 is 5.97 Å². The average molecular weight is 271 g/mol. The SMILES string of the molecule is CCN(CC(F)F)C(=O)Cc1ccccc1C(=O)O. The predicted octanol–water partition coefficient (Wildman–Crippen LogP) is 2.04. The van der Waals surface area contributed by atoms with Crippen molar-refractivity contribution < 1.29 is 23.5 Å². The molecule has 1 amide bonds. The largest absolute Gasteiger partial charge is 0.478 e. The molecule has 0 saturated heterocycles. The molecule has 0 unspecified atom stereocenters. The summed E-state index contributed by atoms with van der Waals surface area (Å²) in [5.41, 5.74) is 0.344. The Bertz CT molecular complexity index is 463. The van der Waals surface area contributed by atoms with E-state index in [-0.39, 0.29) is 18.5 Å². The minimum absolute atomic E-state index is 0.0175. The number of rotatable bonds is 6. The minimum Gasteiger partial charge on any atom is -0.478 e. The van der Waals surface area contributed by atoms with Crippen LogP contribution in [0.25, 0.3) is 0 Å². The van der Waals surface area contributed by atoms with Crippen molar-refractivity contribution in [2.75, 3.05) is 13.1 Å². The highest BCUT2D eigenvalue weighted by molar-refractivity contribution is 5.91. The van der Waals surface area contributed by atoms with Crippen LogP contribution in [0.5, 0.6) is 0 Å². The van der Waals surface area contributed by atoms with Gasteiger partial charge in [-0.05, 0) is 18.6 Å². The number of hydrogen-bond acceptors (Lipinski definition) is 2. The van der Waals surface area contributed by atoms with E-state index in [2.05, 4.69) is 0 Å². The number of carboxylic acid groups (broad SMARTS) is 1. The summed E-state index contributed by atoms with van der Waals surface area (Å²) >= 11 is 0. The molecule has 0 bridgehead atoms. The molecular formula is C13H15F2NO3. The third-order valence-electron chi connectivity index (χ3n) is 2.68. The average Bonchev–Trinajstić information content (AvgIpc) is 2.35. The standard InChI is InChI=1S/C13H15F2NO3/c1-2-16(8-11(14)15)12(17)7-9-5-3-4-6-10(9)13(18)19/h3-6,11H,2,7-8H2,1H3,(H,18,19). The molecule has 0 aromatic heterocycles. The molecule has 0 aliphatic carbocycles. The van der Waals surface area contributed by atoms with Gasteiger partial charge in [-0.2, -0.15) is 0 Å². The molecular weight excluding hydrogens is 256 g/mol. The summed E-state index contributed by atoms with van der Waals surface area (Å²) in [6, 6.07) is 6.05. The van der Waals surface area contributed by atoms with Crippen molar-refractivity contribution in [1.29, 1.82) is 0 Å². The number of amides is 1. The first kappa shape index (κ1) is 15.1. The predicted molar refractivity (Wildman–Crippen MR) is 65.4 cm³/mol. The first-order valence-corrected chi connectivity index (χ1v) is 5.82. The lowest BCUT2D eigenvalue weighted by molar-refractivity contribution is -0.132. The number of carboxylic acids is 1. The highest BCUT2D eigenvalue weighted by Gasteiger charge is 2.19. The first-order valence-electron chi connectivity index (χ1n) is 5.82. The van der Waals surface area contributed by atoms with E-state index in [9.17, 15) is 18.4 Å². The fraction of sp³-hybridized carbons (Fsp3) is 0.385. The molecule has 0 heterocycles. The number of halogens is 2. The zero-order valence-corrected chi connectivity index (χ0v) is 10.5. The Labute approximate surface area is 109 Å². The number of carbonyl (C=O) groups is 2. The normalized spacial score (nSPS) is 10.5. The van der Waals surface area contributed by atoms with Crippen molar-refractivity contribution in [3.05, 3.63) is 35.4 Å². The van der Waals surface area contributed by atoms with Crippen LogP contribution in [0.15, 0.2) is 24.3 Å². The maximum absolute atomic E-state index is 12.3. The van der Waals surface area contributed by atoms with E-state index in [1.54, 1.807) is 19.1 Å². The quantitative estimate of drug-likeness (QED) is 0.861. The summed E-state index contributed by atoms with van der Waals surface area (Å²) in [4.78, 5) is 23.8. The van der Waals surface area contributed by atoms with E-state index in [1.807, 2.05) is 0 Å². The van der Waals surface area contributed by atoms with Crippen LogP contribution in [0.3, 0.4) is 0 Å². The second-order valence-corrected chi connectivity index (χ2v) is 3.96. The third-order valence-corrected chi connectivity index (χ3v) is 2.68. The van der Waals surface area contributed by atoms with Crippen LogP contribution in [0, 0.1) is 0 Å². The van der Waals surface area contributed by atoms with Crippen LogP contribution >= 0.6 is 0 Å². The van der Waals surface area contributed by atoms with E-state index in [0.717, 1.165) is 4.90 Å². The molecule has 1 N–H and O–H groups in total. The van der Waals surface area contributed by atoms with Crippen molar-refractivity contribution in [3.8, 4) is 0 Å². The van der Waals surface area contributed by atoms with Crippen molar-refractivity contribution in [2.24, 2.45) is 0 Å². The van der Waals surface area contributed by atoms with Gasteiger partial charge in [-0.1, -0.05) is 18.2 Å². The van der Waals surface area contributed by atoms with Gasteiger partial charge in [-0.3, -0.25) is 4.79 Å². The van der Waals surface area contributed by atoms with Crippen LogP contribution in [0.4, 0.5) is 8.78 Å². The van der Waals surface area contributed by atoms with Crippen molar-refractivity contribution >= 4 is 11.9 Å². The Balaban J connectivity index is 2.84. The van der Waals surface area contributed by atoms with E-state index >= 15 is 0 Å². The van der Waals surface area contributed by atoms with Crippen molar-refractivity contribution in [3.63, 3.8) is 0 Å². The van der Waals surface area contributed by atoms with Gasteiger partial charge in [-0.25, -0.2) is 13.6 Å². The zero-order chi connectivity index (χ0) is 14.4. The maximum Gasteiger partial charge on any atom is 0.335 e. The molecule has 0 saturated carbocycles. The number of nitrogens with zero attached hydrogens (tertiary/aromatic N) is 1. The van der Waals surface area contributed by atoms with Gasteiger partial charge < -0.3 is 10.0 Å². The number of alkyl halides is 2. The Morgan fingerprint density at radius 3 is 2.47 bits per heavy atom. The molecule has 6 heteroatoms. The van der Waals surface area contributed by atoms with Crippen LogP contribution < -0.4 is 0 Å². The molecule has 104 valence electrons. The van der Waals surface area contributed by atoms with Crippen LogP contribution in [-0.4, -0.2) is 41.4 Å². The van der Waals surface area contributed by atoms with Crippen molar-refractivity contribution in [2.45, 2.75) is 19.8 Å². The number of benzene rings is 1. The molecule has 1 aromatic carbocycles. The van der Waals surface area contributed by atoms with Gasteiger partial charge in [0.1, 0.15) is 0 Å². The van der Waals surface area contributed by atoms with Crippen LogP contribution in [-0.2, 0) is 11.2 Å². The summed E-state index contributed by atoms with van der Waals surface area (Å²) in [5, 5.41) is 8.97. The monoisotopic (exact) mass is 271 g/mol. The number of hydrogen-bond donors (Lipinski definition) is 1. The molecule has 0 aliphatic rings. The highest BCUT2D eigenvalue weighted by atomic mass is 19.3. The number of aromatic carboxylic acids is 1. The fourth-order valence-electron chi connectivity index (χ4n) is 1.73. The Morgan fingerprint density at radius 2 is 1.95 bits per heavy atom. The van der Waals surface area contributed by atoms with Crippen LogP contribution in [0.2, 0.25) is 0 Å². The van der Waals surface area contributed by atoms with Gasteiger partial charge in [0.15, 0.2) is 0 Å².